The average Bonchev–Trinajstić information content (AvgIpc) is 2.48. The molecule has 0 spiro atoms. The minimum Gasteiger partial charge on any atom is -0.478 e. The van der Waals surface area contributed by atoms with Crippen molar-refractivity contribution >= 4 is 11.9 Å². The van der Waals surface area contributed by atoms with Gasteiger partial charge in [0.1, 0.15) is 11.8 Å². The molecular weight excluding hydrogens is 256 g/mol. The zero-order valence-electron chi connectivity index (χ0n) is 10.6. The van der Waals surface area contributed by atoms with Gasteiger partial charge in [0.15, 0.2) is 0 Å². The van der Waals surface area contributed by atoms with Crippen molar-refractivity contribution in [2.75, 3.05) is 11.9 Å². The van der Waals surface area contributed by atoms with Gasteiger partial charge in [-0.1, -0.05) is 12.1 Å². The number of nitrogens with zero attached hydrogens (tertiary/aromatic N) is 3. The lowest BCUT2D eigenvalue weighted by Gasteiger charge is -2.05. The largest absolute Gasteiger partial charge is 0.478 e. The predicted octanol–water partition coefficient (Wildman–Crippen LogP) is 1.70. The Morgan fingerprint density at radius 2 is 2.25 bits per heavy atom. The van der Waals surface area contributed by atoms with Gasteiger partial charge in [-0.05, 0) is 30.2 Å². The maximum absolute atomic E-state index is 10.9. The standard InChI is InChI=1S/C14H12N4O2/c15-9-12-5-7-17-14(18-12)16-6-4-10-2-1-3-11(8-10)13(19)20/h1-3,5,7-8H,4,6H2,(H,19,20)(H,16,17,18). The topological polar surface area (TPSA) is 98.9 Å². The molecule has 1 aromatic heterocycles. The molecule has 0 amide bonds. The van der Waals surface area contributed by atoms with E-state index in [9.17, 15) is 4.79 Å². The van der Waals surface area contributed by atoms with E-state index < -0.39 is 5.97 Å². The SMILES string of the molecule is N#Cc1ccnc(NCCc2cccc(C(=O)O)c2)n1. The number of benzene rings is 1. The Labute approximate surface area is 115 Å². The lowest BCUT2D eigenvalue weighted by atomic mass is 10.1. The van der Waals surface area contributed by atoms with E-state index >= 15 is 0 Å². The Kier molecular flexibility index (Phi) is 4.24. The lowest BCUT2D eigenvalue weighted by molar-refractivity contribution is 0.0697. The summed E-state index contributed by atoms with van der Waals surface area (Å²) in [5, 5.41) is 20.6. The van der Waals surface area contributed by atoms with Crippen LogP contribution in [-0.2, 0) is 6.42 Å². The summed E-state index contributed by atoms with van der Waals surface area (Å²) >= 11 is 0. The van der Waals surface area contributed by atoms with E-state index in [0.717, 1.165) is 5.56 Å². The summed E-state index contributed by atoms with van der Waals surface area (Å²) in [4.78, 5) is 18.8. The van der Waals surface area contributed by atoms with Gasteiger partial charge in [0.2, 0.25) is 5.95 Å². The minimum atomic E-state index is -0.940. The van der Waals surface area contributed by atoms with E-state index in [1.165, 1.54) is 12.3 Å². The molecule has 0 bridgehead atoms. The second kappa shape index (κ2) is 6.29. The van der Waals surface area contributed by atoms with Crippen LogP contribution in [0.2, 0.25) is 0 Å². The number of hydrogen-bond acceptors (Lipinski definition) is 5. The smallest absolute Gasteiger partial charge is 0.335 e. The molecule has 0 saturated heterocycles. The van der Waals surface area contributed by atoms with Crippen LogP contribution in [0.15, 0.2) is 36.5 Å². The van der Waals surface area contributed by atoms with Crippen LogP contribution < -0.4 is 5.32 Å². The van der Waals surface area contributed by atoms with Gasteiger partial charge in [-0.25, -0.2) is 14.8 Å². The van der Waals surface area contributed by atoms with Gasteiger partial charge in [-0.15, -0.1) is 0 Å². The molecule has 0 fully saturated rings. The first-order valence-corrected chi connectivity index (χ1v) is 5.98. The van der Waals surface area contributed by atoms with Crippen molar-refractivity contribution in [3.63, 3.8) is 0 Å². The molecule has 0 saturated carbocycles. The molecule has 0 aliphatic rings. The van der Waals surface area contributed by atoms with Crippen molar-refractivity contribution < 1.29 is 9.90 Å². The number of aromatic nitrogens is 2. The summed E-state index contributed by atoms with van der Waals surface area (Å²) in [6.07, 6.45) is 2.15. The summed E-state index contributed by atoms with van der Waals surface area (Å²) < 4.78 is 0. The van der Waals surface area contributed by atoms with Crippen LogP contribution in [0.4, 0.5) is 5.95 Å². The second-order valence-electron chi connectivity index (χ2n) is 4.06. The molecule has 0 atom stereocenters. The van der Waals surface area contributed by atoms with Crippen molar-refractivity contribution in [1.29, 1.82) is 5.26 Å². The number of carboxylic acids is 1. The van der Waals surface area contributed by atoms with Crippen LogP contribution >= 0.6 is 0 Å². The fourth-order valence-corrected chi connectivity index (χ4v) is 1.68. The third-order valence-corrected chi connectivity index (χ3v) is 2.64. The van der Waals surface area contributed by atoms with Crippen LogP contribution in [0.1, 0.15) is 21.6 Å². The maximum Gasteiger partial charge on any atom is 0.335 e. The third kappa shape index (κ3) is 3.53. The van der Waals surface area contributed by atoms with E-state index in [1.807, 2.05) is 12.1 Å². The van der Waals surface area contributed by atoms with Gasteiger partial charge < -0.3 is 10.4 Å². The summed E-state index contributed by atoms with van der Waals surface area (Å²) in [5.41, 5.74) is 1.48. The fourth-order valence-electron chi connectivity index (χ4n) is 1.68. The van der Waals surface area contributed by atoms with E-state index in [-0.39, 0.29) is 5.56 Å². The Morgan fingerprint density at radius 3 is 3.00 bits per heavy atom. The molecule has 100 valence electrons. The Morgan fingerprint density at radius 1 is 1.40 bits per heavy atom. The molecule has 0 aliphatic heterocycles. The first kappa shape index (κ1) is 13.5. The number of rotatable bonds is 5. The minimum absolute atomic E-state index is 0.269. The second-order valence-corrected chi connectivity index (χ2v) is 4.06. The number of hydrogen-bond donors (Lipinski definition) is 2. The van der Waals surface area contributed by atoms with Gasteiger partial charge in [0, 0.05) is 12.7 Å². The fraction of sp³-hybridized carbons (Fsp3) is 0.143. The molecule has 0 radical (unpaired) electrons. The van der Waals surface area contributed by atoms with Crippen molar-refractivity contribution in [3.8, 4) is 6.07 Å². The van der Waals surface area contributed by atoms with Crippen molar-refractivity contribution in [3.05, 3.63) is 53.3 Å². The van der Waals surface area contributed by atoms with Gasteiger partial charge >= 0.3 is 5.97 Å². The van der Waals surface area contributed by atoms with Crippen LogP contribution in [0.3, 0.4) is 0 Å². The average molecular weight is 268 g/mol. The molecule has 1 aromatic carbocycles. The molecule has 2 rings (SSSR count). The van der Waals surface area contributed by atoms with E-state index in [4.69, 9.17) is 10.4 Å². The monoisotopic (exact) mass is 268 g/mol. The Hall–Kier alpha value is -2.94. The first-order chi connectivity index (χ1) is 9.69. The number of nitriles is 1. The zero-order chi connectivity index (χ0) is 14.4. The molecule has 0 aliphatic carbocycles. The summed E-state index contributed by atoms with van der Waals surface area (Å²) in [7, 11) is 0. The molecule has 2 aromatic rings. The highest BCUT2D eigenvalue weighted by atomic mass is 16.4. The van der Waals surface area contributed by atoms with Crippen molar-refractivity contribution in [2.24, 2.45) is 0 Å². The van der Waals surface area contributed by atoms with E-state index in [1.54, 1.807) is 18.2 Å². The highest BCUT2D eigenvalue weighted by Crippen LogP contribution is 2.07. The Balaban J connectivity index is 1.94. The van der Waals surface area contributed by atoms with Crippen LogP contribution in [0.5, 0.6) is 0 Å². The van der Waals surface area contributed by atoms with Crippen LogP contribution in [-0.4, -0.2) is 27.6 Å². The number of aromatic carboxylic acids is 1. The lowest BCUT2D eigenvalue weighted by Crippen LogP contribution is -2.08. The number of anilines is 1. The van der Waals surface area contributed by atoms with Crippen molar-refractivity contribution in [1.82, 2.24) is 9.97 Å². The zero-order valence-corrected chi connectivity index (χ0v) is 10.6. The predicted molar refractivity (Wildman–Crippen MR) is 72.3 cm³/mol. The summed E-state index contributed by atoms with van der Waals surface area (Å²) in [6, 6.07) is 10.2. The summed E-state index contributed by atoms with van der Waals surface area (Å²) in [6.45, 7) is 0.554. The van der Waals surface area contributed by atoms with Gasteiger partial charge in [-0.2, -0.15) is 5.26 Å². The molecule has 6 nitrogen and oxygen atoms in total. The molecular formula is C14H12N4O2. The number of nitrogens with one attached hydrogen (secondary N) is 1. The number of carboxylic acid groups (broad SMARTS) is 1. The quantitative estimate of drug-likeness (QED) is 0.856. The van der Waals surface area contributed by atoms with E-state index in [0.29, 0.717) is 24.6 Å². The first-order valence-electron chi connectivity index (χ1n) is 5.98. The Bertz CT molecular complexity index is 664. The molecule has 1 heterocycles. The van der Waals surface area contributed by atoms with E-state index in [2.05, 4.69) is 15.3 Å². The van der Waals surface area contributed by atoms with Gasteiger partial charge in [0.25, 0.3) is 0 Å². The van der Waals surface area contributed by atoms with Crippen LogP contribution in [0, 0.1) is 11.3 Å². The van der Waals surface area contributed by atoms with Gasteiger partial charge in [-0.3, -0.25) is 0 Å². The normalized spacial score (nSPS) is 9.75. The molecule has 0 unspecified atom stereocenters. The van der Waals surface area contributed by atoms with Crippen molar-refractivity contribution in [2.45, 2.75) is 6.42 Å². The molecule has 2 N–H and O–H groups in total. The third-order valence-electron chi connectivity index (χ3n) is 2.64. The molecule has 6 heteroatoms. The highest BCUT2D eigenvalue weighted by molar-refractivity contribution is 5.87. The highest BCUT2D eigenvalue weighted by Gasteiger charge is 2.03. The maximum atomic E-state index is 10.9. The number of carbonyl (C=O) groups is 1. The summed E-state index contributed by atoms with van der Waals surface area (Å²) in [5.74, 6) is -0.552. The molecule has 20 heavy (non-hydrogen) atoms. The van der Waals surface area contributed by atoms with Crippen LogP contribution in [0.25, 0.3) is 0 Å². The van der Waals surface area contributed by atoms with Gasteiger partial charge in [0.05, 0.1) is 5.56 Å².